The van der Waals surface area contributed by atoms with Crippen molar-refractivity contribution in [2.75, 3.05) is 26.2 Å². The van der Waals surface area contributed by atoms with E-state index in [0.29, 0.717) is 5.92 Å². The maximum atomic E-state index is 12.0. The molecule has 0 aliphatic carbocycles. The van der Waals surface area contributed by atoms with Crippen molar-refractivity contribution in [3.05, 3.63) is 17.3 Å². The summed E-state index contributed by atoms with van der Waals surface area (Å²) in [6, 6.07) is 0. The number of aryl methyl sites for hydroxylation is 2. The Hall–Kier alpha value is -1.40. The Bertz CT molecular complexity index is 510. The highest BCUT2D eigenvalue weighted by molar-refractivity contribution is 5.80. The van der Waals surface area contributed by atoms with Crippen LogP contribution in [0.5, 0.6) is 0 Å². The van der Waals surface area contributed by atoms with Crippen LogP contribution in [-0.2, 0) is 16.1 Å². The Morgan fingerprint density at radius 1 is 1.30 bits per heavy atom. The van der Waals surface area contributed by atoms with Crippen molar-refractivity contribution >= 4 is 5.91 Å². The second-order valence-corrected chi connectivity index (χ2v) is 6.72. The predicted molar refractivity (Wildman–Crippen MR) is 86.0 cm³/mol. The highest BCUT2D eigenvalue weighted by Crippen LogP contribution is 2.19. The number of ether oxygens (including phenoxy) is 1. The zero-order valence-corrected chi connectivity index (χ0v) is 14.1. The Morgan fingerprint density at radius 3 is 2.70 bits per heavy atom. The number of nitrogens with one attached hydrogen (secondary N) is 1. The van der Waals surface area contributed by atoms with Crippen molar-refractivity contribution in [1.82, 2.24) is 15.2 Å². The van der Waals surface area contributed by atoms with Gasteiger partial charge < -0.3 is 14.5 Å². The molecule has 3 heterocycles. The van der Waals surface area contributed by atoms with Crippen molar-refractivity contribution in [1.29, 1.82) is 0 Å². The van der Waals surface area contributed by atoms with Gasteiger partial charge in [-0.2, -0.15) is 0 Å². The van der Waals surface area contributed by atoms with E-state index in [4.69, 9.17) is 9.15 Å². The molecule has 1 atom stereocenters. The lowest BCUT2D eigenvalue weighted by molar-refractivity contribution is -0.130. The first kappa shape index (κ1) is 16.5. The lowest BCUT2D eigenvalue weighted by atomic mass is 9.96. The third kappa shape index (κ3) is 4.32. The van der Waals surface area contributed by atoms with Gasteiger partial charge in [-0.3, -0.25) is 9.69 Å². The smallest absolute Gasteiger partial charge is 0.249 e. The van der Waals surface area contributed by atoms with Crippen LogP contribution < -0.4 is 5.32 Å². The van der Waals surface area contributed by atoms with Crippen molar-refractivity contribution in [2.24, 2.45) is 5.92 Å². The molecule has 6 nitrogen and oxygen atoms in total. The van der Waals surface area contributed by atoms with E-state index in [-0.39, 0.29) is 12.0 Å². The van der Waals surface area contributed by atoms with Gasteiger partial charge in [-0.05, 0) is 58.5 Å². The van der Waals surface area contributed by atoms with Crippen LogP contribution in [-0.4, -0.2) is 48.1 Å². The molecule has 23 heavy (non-hydrogen) atoms. The Balaban J connectivity index is 1.37. The molecule has 0 unspecified atom stereocenters. The fourth-order valence-corrected chi connectivity index (χ4v) is 3.29. The summed E-state index contributed by atoms with van der Waals surface area (Å²) < 4.78 is 11.1. The minimum atomic E-state index is -0.216. The molecule has 1 amide bonds. The molecule has 128 valence electrons. The Kier molecular flexibility index (Phi) is 5.33. The second-order valence-electron chi connectivity index (χ2n) is 6.72. The first-order valence-electron chi connectivity index (χ1n) is 8.66. The van der Waals surface area contributed by atoms with E-state index >= 15 is 0 Å². The minimum absolute atomic E-state index is 0.0654. The number of rotatable bonds is 5. The SMILES string of the molecule is Cc1nc(CN2CCC(CNC(=O)[C@H]3CCCO3)CC2)oc1C. The number of hydrogen-bond donors (Lipinski definition) is 1. The molecule has 2 saturated heterocycles. The monoisotopic (exact) mass is 321 g/mol. The van der Waals surface area contributed by atoms with Gasteiger partial charge in [0.05, 0.1) is 12.2 Å². The van der Waals surface area contributed by atoms with Crippen LogP contribution in [0.1, 0.15) is 43.0 Å². The average Bonchev–Trinajstić information content (AvgIpc) is 3.17. The van der Waals surface area contributed by atoms with E-state index < -0.39 is 0 Å². The largest absolute Gasteiger partial charge is 0.444 e. The number of likely N-dealkylation sites (tertiary alicyclic amines) is 1. The van der Waals surface area contributed by atoms with Crippen LogP contribution in [0, 0.1) is 19.8 Å². The molecule has 2 aliphatic rings. The molecule has 0 aromatic carbocycles. The third-order valence-electron chi connectivity index (χ3n) is 4.93. The summed E-state index contributed by atoms with van der Waals surface area (Å²) in [6.07, 6.45) is 3.84. The number of nitrogens with zero attached hydrogens (tertiary/aromatic N) is 2. The maximum absolute atomic E-state index is 12.0. The molecule has 6 heteroatoms. The van der Waals surface area contributed by atoms with Gasteiger partial charge in [0.25, 0.3) is 0 Å². The van der Waals surface area contributed by atoms with Gasteiger partial charge in [0, 0.05) is 13.2 Å². The molecule has 0 spiro atoms. The second kappa shape index (κ2) is 7.45. The first-order valence-corrected chi connectivity index (χ1v) is 8.66. The molecule has 1 aromatic heterocycles. The normalized spacial score (nSPS) is 23.3. The summed E-state index contributed by atoms with van der Waals surface area (Å²) in [5.41, 5.74) is 0.978. The Labute approximate surface area is 137 Å². The third-order valence-corrected chi connectivity index (χ3v) is 4.93. The number of aromatic nitrogens is 1. The number of hydrogen-bond acceptors (Lipinski definition) is 5. The van der Waals surface area contributed by atoms with Gasteiger partial charge in [-0.15, -0.1) is 0 Å². The molecular weight excluding hydrogens is 294 g/mol. The maximum Gasteiger partial charge on any atom is 0.249 e. The van der Waals surface area contributed by atoms with E-state index in [0.717, 1.165) is 75.8 Å². The van der Waals surface area contributed by atoms with E-state index in [1.54, 1.807) is 0 Å². The number of carbonyl (C=O) groups excluding carboxylic acids is 1. The van der Waals surface area contributed by atoms with Crippen molar-refractivity contribution in [3.8, 4) is 0 Å². The number of amides is 1. The summed E-state index contributed by atoms with van der Waals surface area (Å²) >= 11 is 0. The van der Waals surface area contributed by atoms with E-state index in [9.17, 15) is 4.79 Å². The topological polar surface area (TPSA) is 67.6 Å². The van der Waals surface area contributed by atoms with Crippen LogP contribution in [0.25, 0.3) is 0 Å². The van der Waals surface area contributed by atoms with Gasteiger partial charge in [-0.25, -0.2) is 4.98 Å². The average molecular weight is 321 g/mol. The lowest BCUT2D eigenvalue weighted by Gasteiger charge is -2.31. The molecule has 1 N–H and O–H groups in total. The van der Waals surface area contributed by atoms with Crippen molar-refractivity contribution in [3.63, 3.8) is 0 Å². The van der Waals surface area contributed by atoms with E-state index in [1.165, 1.54) is 0 Å². The summed E-state index contributed by atoms with van der Waals surface area (Å²) in [5.74, 6) is 2.34. The van der Waals surface area contributed by atoms with Gasteiger partial charge in [0.15, 0.2) is 0 Å². The fraction of sp³-hybridized carbons (Fsp3) is 0.765. The highest BCUT2D eigenvalue weighted by Gasteiger charge is 2.25. The number of oxazole rings is 1. The summed E-state index contributed by atoms with van der Waals surface area (Å²) in [5, 5.41) is 3.06. The highest BCUT2D eigenvalue weighted by atomic mass is 16.5. The quantitative estimate of drug-likeness (QED) is 0.896. The van der Waals surface area contributed by atoms with Crippen LogP contribution in [0.4, 0.5) is 0 Å². The summed E-state index contributed by atoms with van der Waals surface area (Å²) in [6.45, 7) is 8.26. The van der Waals surface area contributed by atoms with E-state index in [2.05, 4.69) is 15.2 Å². The van der Waals surface area contributed by atoms with Crippen LogP contribution in [0.15, 0.2) is 4.42 Å². The zero-order valence-electron chi connectivity index (χ0n) is 14.1. The predicted octanol–water partition coefficient (Wildman–Crippen LogP) is 1.80. The Morgan fingerprint density at radius 2 is 2.09 bits per heavy atom. The van der Waals surface area contributed by atoms with Gasteiger partial charge >= 0.3 is 0 Å². The number of piperidine rings is 1. The fourth-order valence-electron chi connectivity index (χ4n) is 3.29. The molecule has 2 aliphatic heterocycles. The molecule has 0 saturated carbocycles. The van der Waals surface area contributed by atoms with Crippen LogP contribution >= 0.6 is 0 Å². The number of carbonyl (C=O) groups is 1. The van der Waals surface area contributed by atoms with E-state index in [1.807, 2.05) is 13.8 Å². The van der Waals surface area contributed by atoms with Gasteiger partial charge in [0.1, 0.15) is 11.9 Å². The molecule has 3 rings (SSSR count). The molecular formula is C17H27N3O3. The van der Waals surface area contributed by atoms with Crippen LogP contribution in [0.2, 0.25) is 0 Å². The minimum Gasteiger partial charge on any atom is -0.444 e. The molecule has 1 aromatic rings. The van der Waals surface area contributed by atoms with Crippen LogP contribution in [0.3, 0.4) is 0 Å². The standard InChI is InChI=1S/C17H27N3O3/c1-12-13(2)23-16(19-12)11-20-7-5-14(6-8-20)10-18-17(21)15-4-3-9-22-15/h14-15H,3-11H2,1-2H3,(H,18,21)/t15-/m1/s1. The van der Waals surface area contributed by atoms with Crippen molar-refractivity contribution < 1.29 is 13.9 Å². The van der Waals surface area contributed by atoms with Gasteiger partial charge in [0.2, 0.25) is 11.8 Å². The molecule has 2 fully saturated rings. The summed E-state index contributed by atoms with van der Waals surface area (Å²) in [4.78, 5) is 18.8. The first-order chi connectivity index (χ1) is 11.1. The lowest BCUT2D eigenvalue weighted by Crippen LogP contribution is -2.41. The van der Waals surface area contributed by atoms with Crippen molar-refractivity contribution in [2.45, 2.75) is 52.2 Å². The molecule has 0 bridgehead atoms. The summed E-state index contributed by atoms with van der Waals surface area (Å²) in [7, 11) is 0. The van der Waals surface area contributed by atoms with Gasteiger partial charge in [-0.1, -0.05) is 0 Å². The zero-order chi connectivity index (χ0) is 16.2. The molecule has 0 radical (unpaired) electrons.